The maximum Gasteiger partial charge on any atom is 0.309 e. The van der Waals surface area contributed by atoms with Gasteiger partial charge in [0.1, 0.15) is 6.07 Å². The molecule has 1 saturated heterocycles. The van der Waals surface area contributed by atoms with Crippen molar-refractivity contribution in [3.05, 3.63) is 29.8 Å². The molecule has 0 aromatic heterocycles. The molecule has 0 aliphatic carbocycles. The van der Waals surface area contributed by atoms with Crippen molar-refractivity contribution < 1.29 is 18.3 Å². The summed E-state index contributed by atoms with van der Waals surface area (Å²) >= 11 is 0. The van der Waals surface area contributed by atoms with Crippen LogP contribution in [0.2, 0.25) is 0 Å². The number of nitrogens with zero attached hydrogens (tertiary/aromatic N) is 2. The van der Waals surface area contributed by atoms with Crippen molar-refractivity contribution in [1.29, 1.82) is 5.26 Å². The number of aliphatic carboxylic acids is 1. The number of carboxylic acid groups (broad SMARTS) is 1. The molecular weight excluding hydrogens is 292 g/mol. The van der Waals surface area contributed by atoms with Crippen LogP contribution in [0.1, 0.15) is 25.3 Å². The van der Waals surface area contributed by atoms with Gasteiger partial charge < -0.3 is 5.11 Å². The molecule has 1 aliphatic rings. The lowest BCUT2D eigenvalue weighted by molar-refractivity contribution is -0.150. The van der Waals surface area contributed by atoms with Crippen LogP contribution in [-0.4, -0.2) is 36.9 Å². The fraction of sp³-hybridized carbons (Fsp3) is 0.429. The summed E-state index contributed by atoms with van der Waals surface area (Å²) in [6, 6.07) is 7.91. The van der Waals surface area contributed by atoms with Gasteiger partial charge in [-0.15, -0.1) is 0 Å². The molecule has 0 spiro atoms. The summed E-state index contributed by atoms with van der Waals surface area (Å²) < 4.78 is 26.4. The fourth-order valence-corrected chi connectivity index (χ4v) is 3.94. The minimum atomic E-state index is -3.76. The smallest absolute Gasteiger partial charge is 0.309 e. The van der Waals surface area contributed by atoms with Crippen molar-refractivity contribution in [2.75, 3.05) is 13.1 Å². The highest BCUT2D eigenvalue weighted by Gasteiger charge is 2.40. The first kappa shape index (κ1) is 15.5. The largest absolute Gasteiger partial charge is 0.481 e. The number of piperidine rings is 1. The van der Waals surface area contributed by atoms with E-state index in [9.17, 15) is 18.3 Å². The molecule has 1 heterocycles. The highest BCUT2D eigenvalue weighted by molar-refractivity contribution is 7.89. The van der Waals surface area contributed by atoms with Crippen LogP contribution in [0.4, 0.5) is 0 Å². The van der Waals surface area contributed by atoms with E-state index in [0.29, 0.717) is 0 Å². The van der Waals surface area contributed by atoms with E-state index in [2.05, 4.69) is 0 Å². The third-order valence-electron chi connectivity index (χ3n) is 3.97. The monoisotopic (exact) mass is 308 g/mol. The Bertz CT molecular complexity index is 698. The average Bonchev–Trinajstić information content (AvgIpc) is 2.47. The van der Waals surface area contributed by atoms with E-state index >= 15 is 0 Å². The van der Waals surface area contributed by atoms with Gasteiger partial charge in [0.05, 0.1) is 15.9 Å². The molecular formula is C14H16N2O4S. The molecule has 0 amide bonds. The van der Waals surface area contributed by atoms with Gasteiger partial charge in [0, 0.05) is 13.1 Å². The van der Waals surface area contributed by atoms with Gasteiger partial charge in [0.25, 0.3) is 0 Å². The summed E-state index contributed by atoms with van der Waals surface area (Å²) in [7, 11) is -3.76. The predicted molar refractivity (Wildman–Crippen MR) is 74.9 cm³/mol. The zero-order valence-electron chi connectivity index (χ0n) is 11.6. The summed E-state index contributed by atoms with van der Waals surface area (Å²) in [6.45, 7) is 1.91. The Morgan fingerprint density at radius 3 is 2.43 bits per heavy atom. The first-order valence-electron chi connectivity index (χ1n) is 6.54. The molecule has 1 N–H and O–H groups in total. The predicted octanol–water partition coefficient (Wildman–Crippen LogP) is 1.43. The molecule has 2 rings (SSSR count). The summed E-state index contributed by atoms with van der Waals surface area (Å²) in [6.07, 6.45) is 0.520. The van der Waals surface area contributed by atoms with E-state index in [4.69, 9.17) is 5.26 Å². The quantitative estimate of drug-likeness (QED) is 0.911. The molecule has 0 saturated carbocycles. The molecule has 0 radical (unpaired) electrons. The van der Waals surface area contributed by atoms with E-state index in [1.54, 1.807) is 19.1 Å². The Morgan fingerprint density at radius 1 is 1.33 bits per heavy atom. The molecule has 1 aromatic carbocycles. The highest BCUT2D eigenvalue weighted by atomic mass is 32.2. The van der Waals surface area contributed by atoms with Gasteiger partial charge in [-0.05, 0) is 31.9 Å². The van der Waals surface area contributed by atoms with Gasteiger partial charge >= 0.3 is 5.97 Å². The molecule has 7 heteroatoms. The number of carbonyl (C=O) groups is 1. The van der Waals surface area contributed by atoms with Crippen LogP contribution >= 0.6 is 0 Å². The molecule has 1 fully saturated rings. The van der Waals surface area contributed by atoms with Gasteiger partial charge in [0.2, 0.25) is 10.0 Å². The van der Waals surface area contributed by atoms with Crippen LogP contribution in [0.3, 0.4) is 0 Å². The highest BCUT2D eigenvalue weighted by Crippen LogP contribution is 2.33. The van der Waals surface area contributed by atoms with Crippen LogP contribution in [0.15, 0.2) is 29.2 Å². The second-order valence-electron chi connectivity index (χ2n) is 5.38. The first-order chi connectivity index (χ1) is 9.81. The number of rotatable bonds is 3. The zero-order valence-corrected chi connectivity index (χ0v) is 12.4. The Labute approximate surface area is 123 Å². The normalized spacial score (nSPS) is 18.9. The molecule has 1 aromatic rings. The van der Waals surface area contributed by atoms with E-state index in [-0.39, 0.29) is 36.4 Å². The van der Waals surface area contributed by atoms with Crippen molar-refractivity contribution in [2.45, 2.75) is 24.7 Å². The number of carboxylic acids is 1. The minimum Gasteiger partial charge on any atom is -0.481 e. The molecule has 112 valence electrons. The van der Waals surface area contributed by atoms with Crippen LogP contribution in [0.25, 0.3) is 0 Å². The lowest BCUT2D eigenvalue weighted by Crippen LogP contribution is -2.45. The second-order valence-corrected chi connectivity index (χ2v) is 7.28. The van der Waals surface area contributed by atoms with Crippen LogP contribution in [0, 0.1) is 16.7 Å². The van der Waals surface area contributed by atoms with Gasteiger partial charge in [-0.1, -0.05) is 12.1 Å². The van der Waals surface area contributed by atoms with Crippen LogP contribution in [0.5, 0.6) is 0 Å². The Hall–Kier alpha value is -1.91. The number of hydrogen-bond acceptors (Lipinski definition) is 4. The molecule has 0 unspecified atom stereocenters. The fourth-order valence-electron chi connectivity index (χ4n) is 2.36. The first-order valence-corrected chi connectivity index (χ1v) is 7.98. The summed E-state index contributed by atoms with van der Waals surface area (Å²) in [5.41, 5.74) is -0.787. The van der Waals surface area contributed by atoms with Gasteiger partial charge in [-0.3, -0.25) is 4.79 Å². The topological polar surface area (TPSA) is 98.5 Å². The third-order valence-corrected chi connectivity index (χ3v) is 5.92. The maximum absolute atomic E-state index is 12.6. The zero-order chi connectivity index (χ0) is 15.7. The van der Waals surface area contributed by atoms with Gasteiger partial charge in [-0.25, -0.2) is 8.42 Å². The van der Waals surface area contributed by atoms with Crippen molar-refractivity contribution in [3.8, 4) is 6.07 Å². The number of benzene rings is 1. The Kier molecular flexibility index (Phi) is 4.03. The maximum atomic E-state index is 12.6. The molecule has 1 aliphatic heterocycles. The average molecular weight is 308 g/mol. The van der Waals surface area contributed by atoms with Crippen LogP contribution in [-0.2, 0) is 14.8 Å². The molecule has 0 bridgehead atoms. The molecule has 21 heavy (non-hydrogen) atoms. The van der Waals surface area contributed by atoms with Crippen LogP contribution < -0.4 is 0 Å². The lowest BCUT2D eigenvalue weighted by Gasteiger charge is -2.35. The minimum absolute atomic E-state index is 0.0218. The number of nitriles is 1. The number of sulfonamides is 1. The van der Waals surface area contributed by atoms with Crippen molar-refractivity contribution in [2.24, 2.45) is 5.41 Å². The number of hydrogen-bond donors (Lipinski definition) is 1. The van der Waals surface area contributed by atoms with E-state index < -0.39 is 21.4 Å². The Morgan fingerprint density at radius 2 is 1.90 bits per heavy atom. The Balaban J connectivity index is 2.28. The summed E-state index contributed by atoms with van der Waals surface area (Å²) in [5.74, 6) is -0.906. The van der Waals surface area contributed by atoms with Crippen molar-refractivity contribution >= 4 is 16.0 Å². The van der Waals surface area contributed by atoms with Crippen molar-refractivity contribution in [1.82, 2.24) is 4.31 Å². The summed E-state index contributed by atoms with van der Waals surface area (Å²) in [5, 5.41) is 18.2. The van der Waals surface area contributed by atoms with Crippen molar-refractivity contribution in [3.63, 3.8) is 0 Å². The standard InChI is InChI=1S/C14H16N2O4S/c1-14(13(17)18)6-8-16(9-7-14)21(19,20)12-5-3-2-4-11(12)10-15/h2-5H,6-9H2,1H3,(H,17,18). The lowest BCUT2D eigenvalue weighted by atomic mass is 9.81. The summed E-state index contributed by atoms with van der Waals surface area (Å²) in [4.78, 5) is 11.2. The second kappa shape index (κ2) is 5.47. The van der Waals surface area contributed by atoms with Gasteiger partial charge in [0.15, 0.2) is 0 Å². The molecule has 0 atom stereocenters. The molecule has 6 nitrogen and oxygen atoms in total. The SMILES string of the molecule is CC1(C(=O)O)CCN(S(=O)(=O)c2ccccc2C#N)CC1. The van der Waals surface area contributed by atoms with E-state index in [1.807, 2.05) is 6.07 Å². The van der Waals surface area contributed by atoms with Gasteiger partial charge in [-0.2, -0.15) is 9.57 Å². The van der Waals surface area contributed by atoms with E-state index in [0.717, 1.165) is 0 Å². The third kappa shape index (κ3) is 2.77. The van der Waals surface area contributed by atoms with E-state index in [1.165, 1.54) is 16.4 Å².